The minimum atomic E-state index is -0.790. The van der Waals surface area contributed by atoms with E-state index in [-0.39, 0.29) is 0 Å². The van der Waals surface area contributed by atoms with E-state index in [0.717, 1.165) is 6.07 Å². The molecule has 0 aliphatic carbocycles. The summed E-state index contributed by atoms with van der Waals surface area (Å²) in [4.78, 5) is 15.9. The second kappa shape index (κ2) is 6.01. The van der Waals surface area contributed by atoms with Crippen molar-refractivity contribution in [2.45, 2.75) is 6.92 Å². The third-order valence-corrected chi connectivity index (χ3v) is 2.51. The quantitative estimate of drug-likeness (QED) is 0.900. The van der Waals surface area contributed by atoms with E-state index in [1.54, 1.807) is 12.1 Å². The molecule has 0 fully saturated rings. The molecular weight excluding hydrogens is 263 g/mol. The van der Waals surface area contributed by atoms with Crippen LogP contribution in [0, 0.1) is 5.82 Å². The van der Waals surface area contributed by atoms with Crippen LogP contribution in [0.5, 0.6) is 11.6 Å². The molecular formula is C14H13FN2O3. The summed E-state index contributed by atoms with van der Waals surface area (Å²) in [5, 5.41) is 12.0. The molecule has 2 N–H and O–H groups in total. The van der Waals surface area contributed by atoms with Crippen molar-refractivity contribution in [1.82, 2.24) is 4.98 Å². The second-order valence-corrected chi connectivity index (χ2v) is 3.91. The van der Waals surface area contributed by atoms with Crippen LogP contribution < -0.4 is 10.1 Å². The highest BCUT2D eigenvalue weighted by molar-refractivity contribution is 6.06. The number of halogens is 1. The van der Waals surface area contributed by atoms with Gasteiger partial charge in [0.15, 0.2) is 0 Å². The first-order valence-corrected chi connectivity index (χ1v) is 5.99. The van der Waals surface area contributed by atoms with E-state index in [0.29, 0.717) is 18.2 Å². The average Bonchev–Trinajstić information content (AvgIpc) is 2.41. The van der Waals surface area contributed by atoms with Gasteiger partial charge >= 0.3 is 0 Å². The van der Waals surface area contributed by atoms with Gasteiger partial charge in [0, 0.05) is 6.07 Å². The monoisotopic (exact) mass is 276 g/mol. The molecule has 0 saturated heterocycles. The van der Waals surface area contributed by atoms with Crippen LogP contribution in [0.4, 0.5) is 10.1 Å². The zero-order valence-corrected chi connectivity index (χ0v) is 10.8. The van der Waals surface area contributed by atoms with Gasteiger partial charge in [0.05, 0.1) is 18.5 Å². The Hall–Kier alpha value is -2.63. The van der Waals surface area contributed by atoms with Crippen molar-refractivity contribution in [2.75, 3.05) is 11.9 Å². The Morgan fingerprint density at radius 1 is 1.40 bits per heavy atom. The molecule has 1 heterocycles. The lowest BCUT2D eigenvalue weighted by molar-refractivity contribution is 0.102. The number of anilines is 1. The molecule has 0 radical (unpaired) electrons. The van der Waals surface area contributed by atoms with E-state index in [9.17, 15) is 14.3 Å². The van der Waals surface area contributed by atoms with Gasteiger partial charge in [-0.15, -0.1) is 0 Å². The molecule has 2 rings (SSSR count). The topological polar surface area (TPSA) is 71.5 Å². The zero-order valence-electron chi connectivity index (χ0n) is 10.8. The standard InChI is InChI=1S/C14H13FN2O3/c1-2-20-12-7-6-9(8-16-12)17-14(19)13-10(15)4-3-5-11(13)18/h3-8,18H,2H2,1H3,(H,17,19). The van der Waals surface area contributed by atoms with E-state index in [4.69, 9.17) is 4.74 Å². The van der Waals surface area contributed by atoms with Gasteiger partial charge in [-0.3, -0.25) is 4.79 Å². The molecule has 0 bridgehead atoms. The summed E-state index contributed by atoms with van der Waals surface area (Å²) in [5.41, 5.74) is -0.0255. The van der Waals surface area contributed by atoms with Crippen LogP contribution in [0.1, 0.15) is 17.3 Å². The number of aromatic nitrogens is 1. The molecule has 104 valence electrons. The first-order chi connectivity index (χ1) is 9.61. The summed E-state index contributed by atoms with van der Waals surface area (Å²) in [6, 6.07) is 6.83. The number of phenolic OH excluding ortho intramolecular Hbond substituents is 1. The van der Waals surface area contributed by atoms with Gasteiger partial charge in [0.2, 0.25) is 5.88 Å². The lowest BCUT2D eigenvalue weighted by Crippen LogP contribution is -2.14. The zero-order chi connectivity index (χ0) is 14.5. The van der Waals surface area contributed by atoms with E-state index in [2.05, 4.69) is 10.3 Å². The molecule has 0 aliphatic heterocycles. The predicted molar refractivity (Wildman–Crippen MR) is 71.4 cm³/mol. The van der Waals surface area contributed by atoms with Crippen molar-refractivity contribution in [2.24, 2.45) is 0 Å². The molecule has 0 saturated carbocycles. The number of ether oxygens (including phenoxy) is 1. The van der Waals surface area contributed by atoms with Crippen molar-refractivity contribution in [3.63, 3.8) is 0 Å². The van der Waals surface area contributed by atoms with Gasteiger partial charge in [0.1, 0.15) is 17.1 Å². The summed E-state index contributed by atoms with van der Waals surface area (Å²) in [5.74, 6) is -1.52. The number of nitrogens with one attached hydrogen (secondary N) is 1. The lowest BCUT2D eigenvalue weighted by atomic mass is 10.1. The number of aromatic hydroxyl groups is 1. The van der Waals surface area contributed by atoms with Crippen LogP contribution in [0.25, 0.3) is 0 Å². The molecule has 0 spiro atoms. The number of carbonyl (C=O) groups excluding carboxylic acids is 1. The smallest absolute Gasteiger partial charge is 0.262 e. The maximum atomic E-state index is 13.5. The number of rotatable bonds is 4. The SMILES string of the molecule is CCOc1ccc(NC(=O)c2c(O)cccc2F)cn1. The van der Waals surface area contributed by atoms with Gasteiger partial charge in [-0.1, -0.05) is 6.07 Å². The number of phenols is 1. The van der Waals surface area contributed by atoms with Gasteiger partial charge in [0.25, 0.3) is 5.91 Å². The van der Waals surface area contributed by atoms with Crippen LogP contribution in [0.2, 0.25) is 0 Å². The number of benzene rings is 1. The van der Waals surface area contributed by atoms with Gasteiger partial charge in [-0.05, 0) is 25.1 Å². The van der Waals surface area contributed by atoms with Gasteiger partial charge in [-0.25, -0.2) is 9.37 Å². The average molecular weight is 276 g/mol. The number of amides is 1. The van der Waals surface area contributed by atoms with E-state index >= 15 is 0 Å². The molecule has 0 aliphatic rings. The molecule has 0 atom stereocenters. The minimum absolute atomic E-state index is 0.376. The Balaban J connectivity index is 2.15. The third kappa shape index (κ3) is 3.03. The fourth-order valence-electron chi connectivity index (χ4n) is 1.62. The third-order valence-electron chi connectivity index (χ3n) is 2.51. The van der Waals surface area contributed by atoms with Crippen LogP contribution >= 0.6 is 0 Å². The molecule has 20 heavy (non-hydrogen) atoms. The highest BCUT2D eigenvalue weighted by Gasteiger charge is 2.16. The van der Waals surface area contributed by atoms with E-state index in [1.807, 2.05) is 6.92 Å². The van der Waals surface area contributed by atoms with Crippen molar-refractivity contribution in [3.8, 4) is 11.6 Å². The van der Waals surface area contributed by atoms with Gasteiger partial charge < -0.3 is 15.2 Å². The Morgan fingerprint density at radius 3 is 2.80 bits per heavy atom. The first-order valence-electron chi connectivity index (χ1n) is 5.99. The predicted octanol–water partition coefficient (Wildman–Crippen LogP) is 2.58. The maximum Gasteiger partial charge on any atom is 0.262 e. The van der Waals surface area contributed by atoms with Crippen molar-refractivity contribution in [1.29, 1.82) is 0 Å². The fraction of sp³-hybridized carbons (Fsp3) is 0.143. The molecule has 2 aromatic rings. The summed E-state index contributed by atoms with van der Waals surface area (Å²) >= 11 is 0. The molecule has 1 aromatic carbocycles. The summed E-state index contributed by atoms with van der Waals surface area (Å²) in [6.45, 7) is 2.32. The number of pyridine rings is 1. The van der Waals surface area contributed by atoms with Crippen LogP contribution in [0.15, 0.2) is 36.5 Å². The Morgan fingerprint density at radius 2 is 2.20 bits per heavy atom. The Labute approximate surface area is 115 Å². The van der Waals surface area contributed by atoms with Crippen LogP contribution in [-0.4, -0.2) is 22.6 Å². The highest BCUT2D eigenvalue weighted by Crippen LogP contribution is 2.21. The van der Waals surface area contributed by atoms with Crippen LogP contribution in [0.3, 0.4) is 0 Å². The summed E-state index contributed by atoms with van der Waals surface area (Å²) < 4.78 is 18.7. The molecule has 0 unspecified atom stereocenters. The van der Waals surface area contributed by atoms with Crippen molar-refractivity contribution in [3.05, 3.63) is 47.9 Å². The summed E-state index contributed by atoms with van der Waals surface area (Å²) in [7, 11) is 0. The molecule has 6 heteroatoms. The van der Waals surface area contributed by atoms with Gasteiger partial charge in [-0.2, -0.15) is 0 Å². The fourth-order valence-corrected chi connectivity index (χ4v) is 1.62. The van der Waals surface area contributed by atoms with Crippen molar-refractivity contribution < 1.29 is 19.0 Å². The minimum Gasteiger partial charge on any atom is -0.507 e. The molecule has 1 aromatic heterocycles. The van der Waals surface area contributed by atoms with Crippen molar-refractivity contribution >= 4 is 11.6 Å². The van der Waals surface area contributed by atoms with Crippen LogP contribution in [-0.2, 0) is 0 Å². The lowest BCUT2D eigenvalue weighted by Gasteiger charge is -2.08. The first kappa shape index (κ1) is 13.8. The number of hydrogen-bond donors (Lipinski definition) is 2. The Bertz CT molecular complexity index is 594. The molecule has 1 amide bonds. The number of carbonyl (C=O) groups is 1. The molecule has 5 nitrogen and oxygen atoms in total. The largest absolute Gasteiger partial charge is 0.507 e. The number of hydrogen-bond acceptors (Lipinski definition) is 4. The normalized spacial score (nSPS) is 10.1. The maximum absolute atomic E-state index is 13.5. The number of nitrogens with zero attached hydrogens (tertiary/aromatic N) is 1. The second-order valence-electron chi connectivity index (χ2n) is 3.91. The van der Waals surface area contributed by atoms with E-state index in [1.165, 1.54) is 18.3 Å². The Kier molecular flexibility index (Phi) is 4.14. The summed E-state index contributed by atoms with van der Waals surface area (Å²) in [6.07, 6.45) is 1.39. The van der Waals surface area contributed by atoms with E-state index < -0.39 is 23.0 Å². The highest BCUT2D eigenvalue weighted by atomic mass is 19.1.